The van der Waals surface area contributed by atoms with Gasteiger partial charge in [-0.3, -0.25) is 4.79 Å². The molecule has 5 heteroatoms. The van der Waals surface area contributed by atoms with Gasteiger partial charge in [-0.25, -0.2) is 0 Å². The first-order valence-corrected chi connectivity index (χ1v) is 6.83. The van der Waals surface area contributed by atoms with Crippen molar-refractivity contribution in [1.29, 1.82) is 0 Å². The van der Waals surface area contributed by atoms with Crippen LogP contribution in [0.25, 0.3) is 0 Å². The zero-order valence-corrected chi connectivity index (χ0v) is 11.9. The van der Waals surface area contributed by atoms with Crippen molar-refractivity contribution < 1.29 is 14.3 Å². The third-order valence-electron chi connectivity index (χ3n) is 2.51. The fourth-order valence-corrected chi connectivity index (χ4v) is 1.70. The highest BCUT2D eigenvalue weighted by atomic mass is 35.5. The maximum atomic E-state index is 11.7. The normalized spacial score (nSPS) is 10.2. The van der Waals surface area contributed by atoms with Crippen molar-refractivity contribution >= 4 is 17.5 Å². The molecule has 0 aromatic heterocycles. The monoisotopic (exact) mass is 285 g/mol. The molecule has 19 heavy (non-hydrogen) atoms. The highest BCUT2D eigenvalue weighted by Crippen LogP contribution is 2.12. The second-order valence-corrected chi connectivity index (χ2v) is 4.41. The highest BCUT2D eigenvalue weighted by molar-refractivity contribution is 6.17. The summed E-state index contributed by atoms with van der Waals surface area (Å²) in [6, 6.07) is 7.51. The number of alkyl halides is 1. The second-order valence-electron chi connectivity index (χ2n) is 4.03. The molecule has 0 saturated carbocycles. The second kappa shape index (κ2) is 9.64. The predicted octanol–water partition coefficient (Wildman–Crippen LogP) is 2.00. The van der Waals surface area contributed by atoms with Gasteiger partial charge in [-0.1, -0.05) is 12.1 Å². The zero-order valence-electron chi connectivity index (χ0n) is 11.2. The van der Waals surface area contributed by atoms with E-state index in [1.807, 2.05) is 24.3 Å². The Kier molecular flexibility index (Phi) is 8.02. The average molecular weight is 286 g/mol. The van der Waals surface area contributed by atoms with Gasteiger partial charge in [0.25, 0.3) is 0 Å². The minimum Gasteiger partial charge on any atom is -0.497 e. The first-order chi connectivity index (χ1) is 9.26. The van der Waals surface area contributed by atoms with Gasteiger partial charge in [-0.15, -0.1) is 11.6 Å². The number of ether oxygens (including phenoxy) is 2. The van der Waals surface area contributed by atoms with Gasteiger partial charge in [-0.05, 0) is 24.1 Å². The molecule has 0 radical (unpaired) electrons. The summed E-state index contributed by atoms with van der Waals surface area (Å²) in [5, 5.41) is 2.85. The number of rotatable bonds is 9. The zero-order chi connectivity index (χ0) is 13.9. The van der Waals surface area contributed by atoms with E-state index in [9.17, 15) is 4.79 Å². The Hall–Kier alpha value is -1.26. The van der Waals surface area contributed by atoms with E-state index < -0.39 is 0 Å². The minimum atomic E-state index is 0.00518. The van der Waals surface area contributed by atoms with Gasteiger partial charge in [0.05, 0.1) is 20.1 Å². The van der Waals surface area contributed by atoms with Crippen molar-refractivity contribution in [3.8, 4) is 5.75 Å². The Morgan fingerprint density at radius 3 is 2.95 bits per heavy atom. The van der Waals surface area contributed by atoms with Gasteiger partial charge < -0.3 is 14.8 Å². The maximum Gasteiger partial charge on any atom is 0.224 e. The van der Waals surface area contributed by atoms with Crippen molar-refractivity contribution in [3.05, 3.63) is 29.8 Å². The van der Waals surface area contributed by atoms with Crippen LogP contribution in [0.4, 0.5) is 0 Å². The van der Waals surface area contributed by atoms with E-state index >= 15 is 0 Å². The van der Waals surface area contributed by atoms with Gasteiger partial charge in [0.1, 0.15) is 5.75 Å². The number of benzene rings is 1. The summed E-state index contributed by atoms with van der Waals surface area (Å²) >= 11 is 5.47. The van der Waals surface area contributed by atoms with Gasteiger partial charge in [0.2, 0.25) is 5.91 Å². The Labute approximate surface area is 119 Å². The lowest BCUT2D eigenvalue weighted by Crippen LogP contribution is -2.26. The molecule has 106 valence electrons. The summed E-state index contributed by atoms with van der Waals surface area (Å²) < 4.78 is 10.3. The van der Waals surface area contributed by atoms with Crippen LogP contribution in [0, 0.1) is 0 Å². The Morgan fingerprint density at radius 1 is 1.37 bits per heavy atom. The number of halogens is 1. The quantitative estimate of drug-likeness (QED) is 0.558. The summed E-state index contributed by atoms with van der Waals surface area (Å²) in [6.07, 6.45) is 1.15. The van der Waals surface area contributed by atoms with Crippen molar-refractivity contribution in [2.45, 2.75) is 12.8 Å². The number of hydrogen-bond acceptors (Lipinski definition) is 3. The summed E-state index contributed by atoms with van der Waals surface area (Å²) in [5.41, 5.74) is 0.940. The maximum absolute atomic E-state index is 11.7. The molecule has 0 atom stereocenters. The summed E-state index contributed by atoms with van der Waals surface area (Å²) in [5.74, 6) is 1.27. The molecule has 0 fully saturated rings. The van der Waals surface area contributed by atoms with Crippen molar-refractivity contribution in [2.75, 3.05) is 32.7 Å². The molecule has 0 spiro atoms. The summed E-state index contributed by atoms with van der Waals surface area (Å²) in [7, 11) is 1.61. The molecule has 1 aromatic rings. The minimum absolute atomic E-state index is 0.00518. The van der Waals surface area contributed by atoms with Crippen LogP contribution in [-0.2, 0) is 16.0 Å². The van der Waals surface area contributed by atoms with Crippen LogP contribution in [0.15, 0.2) is 24.3 Å². The molecule has 1 amide bonds. The molecule has 0 aliphatic carbocycles. The molecular formula is C14H20ClNO3. The van der Waals surface area contributed by atoms with E-state index in [1.165, 1.54) is 0 Å². The van der Waals surface area contributed by atoms with E-state index in [1.54, 1.807) is 7.11 Å². The smallest absolute Gasteiger partial charge is 0.224 e. The molecule has 0 unspecified atom stereocenters. The molecule has 1 N–H and O–H groups in total. The Balaban J connectivity index is 2.19. The fourth-order valence-electron chi connectivity index (χ4n) is 1.59. The fraction of sp³-hybridized carbons (Fsp3) is 0.500. The number of carbonyl (C=O) groups is 1. The van der Waals surface area contributed by atoms with E-state index in [2.05, 4.69) is 5.32 Å². The highest BCUT2D eigenvalue weighted by Gasteiger charge is 2.03. The molecule has 1 aromatic carbocycles. The molecule has 1 rings (SSSR count). The van der Waals surface area contributed by atoms with Crippen LogP contribution in [0.5, 0.6) is 5.75 Å². The SMILES string of the molecule is COc1cccc(CC(=O)NCCCOCCCl)c1. The van der Waals surface area contributed by atoms with Gasteiger partial charge >= 0.3 is 0 Å². The first kappa shape index (κ1) is 15.8. The van der Waals surface area contributed by atoms with Crippen LogP contribution in [0.2, 0.25) is 0 Å². The third kappa shape index (κ3) is 7.03. The number of hydrogen-bond donors (Lipinski definition) is 1. The van der Waals surface area contributed by atoms with E-state index in [-0.39, 0.29) is 5.91 Å². The molecule has 4 nitrogen and oxygen atoms in total. The predicted molar refractivity (Wildman–Crippen MR) is 75.9 cm³/mol. The van der Waals surface area contributed by atoms with Crippen LogP contribution in [0.1, 0.15) is 12.0 Å². The molecule has 0 aliphatic rings. The molecule has 0 aliphatic heterocycles. The molecule has 0 bridgehead atoms. The number of nitrogens with one attached hydrogen (secondary N) is 1. The van der Waals surface area contributed by atoms with Crippen LogP contribution in [0.3, 0.4) is 0 Å². The summed E-state index contributed by atoms with van der Waals surface area (Å²) in [6.45, 7) is 1.79. The van der Waals surface area contributed by atoms with Gasteiger partial charge in [-0.2, -0.15) is 0 Å². The van der Waals surface area contributed by atoms with Gasteiger partial charge in [0, 0.05) is 19.0 Å². The van der Waals surface area contributed by atoms with Gasteiger partial charge in [0.15, 0.2) is 0 Å². The number of carbonyl (C=O) groups excluding carboxylic acids is 1. The van der Waals surface area contributed by atoms with E-state index in [0.717, 1.165) is 17.7 Å². The lowest BCUT2D eigenvalue weighted by atomic mass is 10.1. The lowest BCUT2D eigenvalue weighted by Gasteiger charge is -2.07. The standard InChI is InChI=1S/C14H20ClNO3/c1-18-13-5-2-4-12(10-13)11-14(17)16-7-3-8-19-9-6-15/h2,4-5,10H,3,6-9,11H2,1H3,(H,16,17). The van der Waals surface area contributed by atoms with E-state index in [0.29, 0.717) is 32.1 Å². The Bertz CT molecular complexity index is 385. The topological polar surface area (TPSA) is 47.6 Å². The molecule has 0 heterocycles. The number of methoxy groups -OCH3 is 1. The third-order valence-corrected chi connectivity index (χ3v) is 2.66. The van der Waals surface area contributed by atoms with Crippen molar-refractivity contribution in [2.24, 2.45) is 0 Å². The van der Waals surface area contributed by atoms with Crippen LogP contribution >= 0.6 is 11.6 Å². The van der Waals surface area contributed by atoms with Crippen molar-refractivity contribution in [3.63, 3.8) is 0 Å². The first-order valence-electron chi connectivity index (χ1n) is 6.29. The largest absolute Gasteiger partial charge is 0.497 e. The van der Waals surface area contributed by atoms with Crippen molar-refractivity contribution in [1.82, 2.24) is 5.32 Å². The lowest BCUT2D eigenvalue weighted by molar-refractivity contribution is -0.120. The number of amides is 1. The van der Waals surface area contributed by atoms with Crippen LogP contribution < -0.4 is 10.1 Å². The average Bonchev–Trinajstić information content (AvgIpc) is 2.43. The summed E-state index contributed by atoms with van der Waals surface area (Å²) in [4.78, 5) is 11.7. The molecule has 0 saturated heterocycles. The van der Waals surface area contributed by atoms with Crippen LogP contribution in [-0.4, -0.2) is 38.7 Å². The Morgan fingerprint density at radius 2 is 2.21 bits per heavy atom. The van der Waals surface area contributed by atoms with E-state index in [4.69, 9.17) is 21.1 Å². The molecular weight excluding hydrogens is 266 g/mol.